The van der Waals surface area contributed by atoms with Crippen LogP contribution in [-0.2, 0) is 16.1 Å². The number of nitrogens with one attached hydrogen (secondary N) is 1. The van der Waals surface area contributed by atoms with E-state index in [9.17, 15) is 4.79 Å². The van der Waals surface area contributed by atoms with Gasteiger partial charge in [0, 0.05) is 43.6 Å². The van der Waals surface area contributed by atoms with Gasteiger partial charge in [-0.15, -0.1) is 0 Å². The fourth-order valence-electron chi connectivity index (χ4n) is 5.05. The summed E-state index contributed by atoms with van der Waals surface area (Å²) in [6, 6.07) is 10.5. The van der Waals surface area contributed by atoms with Gasteiger partial charge in [0.1, 0.15) is 5.82 Å². The number of nitrogens with zero attached hydrogens (tertiary/aromatic N) is 3. The van der Waals surface area contributed by atoms with E-state index in [1.54, 1.807) is 13.3 Å². The van der Waals surface area contributed by atoms with Crippen LogP contribution in [0.3, 0.4) is 0 Å². The number of methoxy groups -OCH3 is 1. The average molecular weight is 407 g/mol. The van der Waals surface area contributed by atoms with Gasteiger partial charge >= 0.3 is 0 Å². The molecule has 0 bridgehead atoms. The van der Waals surface area contributed by atoms with Gasteiger partial charge in [0.2, 0.25) is 5.91 Å². The monoisotopic (exact) mass is 406 g/mol. The maximum atomic E-state index is 13.7. The van der Waals surface area contributed by atoms with Crippen molar-refractivity contribution in [3.8, 4) is 0 Å². The van der Waals surface area contributed by atoms with Crippen molar-refractivity contribution in [2.75, 3.05) is 35.3 Å². The van der Waals surface area contributed by atoms with Crippen molar-refractivity contribution in [3.05, 3.63) is 42.1 Å². The minimum atomic E-state index is 0.0536. The summed E-state index contributed by atoms with van der Waals surface area (Å²) in [6.07, 6.45) is 8.25. The predicted molar refractivity (Wildman–Crippen MR) is 119 cm³/mol. The molecule has 30 heavy (non-hydrogen) atoms. The summed E-state index contributed by atoms with van der Waals surface area (Å²) in [6.45, 7) is 2.72. The number of benzene rings is 1. The normalized spacial score (nSPS) is 23.4. The van der Waals surface area contributed by atoms with Crippen molar-refractivity contribution < 1.29 is 9.53 Å². The first-order valence-corrected chi connectivity index (χ1v) is 11.2. The van der Waals surface area contributed by atoms with Gasteiger partial charge in [-0.3, -0.25) is 4.79 Å². The summed E-state index contributed by atoms with van der Waals surface area (Å²) in [5, 5.41) is 3.48. The molecule has 6 heteroatoms. The van der Waals surface area contributed by atoms with Gasteiger partial charge < -0.3 is 19.9 Å². The van der Waals surface area contributed by atoms with E-state index in [1.807, 2.05) is 11.0 Å². The minimum Gasteiger partial charge on any atom is -0.381 e. The third kappa shape index (κ3) is 3.65. The largest absolute Gasteiger partial charge is 0.381 e. The van der Waals surface area contributed by atoms with Crippen LogP contribution in [0.1, 0.15) is 44.1 Å². The van der Waals surface area contributed by atoms with Crippen LogP contribution < -0.4 is 15.1 Å². The van der Waals surface area contributed by atoms with Crippen molar-refractivity contribution in [3.63, 3.8) is 0 Å². The summed E-state index contributed by atoms with van der Waals surface area (Å²) in [4.78, 5) is 22.7. The molecule has 1 saturated carbocycles. The first-order chi connectivity index (χ1) is 14.7. The average Bonchev–Trinajstić information content (AvgIpc) is 3.28. The van der Waals surface area contributed by atoms with Gasteiger partial charge in [0.15, 0.2) is 0 Å². The molecule has 2 fully saturated rings. The quantitative estimate of drug-likeness (QED) is 0.815. The van der Waals surface area contributed by atoms with Gasteiger partial charge in [-0.2, -0.15) is 0 Å². The molecule has 1 saturated heterocycles. The Labute approximate surface area is 178 Å². The fourth-order valence-corrected chi connectivity index (χ4v) is 5.05. The van der Waals surface area contributed by atoms with E-state index < -0.39 is 0 Å². The van der Waals surface area contributed by atoms with Crippen LogP contribution in [0.2, 0.25) is 0 Å². The molecule has 6 nitrogen and oxygen atoms in total. The van der Waals surface area contributed by atoms with E-state index in [0.717, 1.165) is 61.5 Å². The maximum absolute atomic E-state index is 13.7. The summed E-state index contributed by atoms with van der Waals surface area (Å²) in [5.41, 5.74) is 4.17. The zero-order valence-electron chi connectivity index (χ0n) is 17.6. The number of anilines is 4. The molecule has 1 aliphatic carbocycles. The Kier molecular flexibility index (Phi) is 5.34. The van der Waals surface area contributed by atoms with E-state index >= 15 is 0 Å². The van der Waals surface area contributed by atoms with Gasteiger partial charge in [0.25, 0.3) is 0 Å². The lowest BCUT2D eigenvalue weighted by Crippen LogP contribution is -2.38. The van der Waals surface area contributed by atoms with E-state index in [2.05, 4.69) is 39.5 Å². The smallest absolute Gasteiger partial charge is 0.230 e. The van der Waals surface area contributed by atoms with Crippen LogP contribution in [-0.4, -0.2) is 37.2 Å². The maximum Gasteiger partial charge on any atom is 0.230 e. The van der Waals surface area contributed by atoms with Crippen molar-refractivity contribution >= 4 is 28.8 Å². The van der Waals surface area contributed by atoms with Crippen LogP contribution in [0, 0.1) is 5.92 Å². The highest BCUT2D eigenvalue weighted by atomic mass is 16.5. The van der Waals surface area contributed by atoms with Crippen LogP contribution >= 0.6 is 0 Å². The molecule has 1 aromatic heterocycles. The van der Waals surface area contributed by atoms with Crippen LogP contribution in [0.25, 0.3) is 0 Å². The highest BCUT2D eigenvalue weighted by Gasteiger charge is 2.33. The summed E-state index contributed by atoms with van der Waals surface area (Å²) < 4.78 is 5.51. The molecule has 1 N–H and O–H groups in total. The van der Waals surface area contributed by atoms with Crippen molar-refractivity contribution in [2.45, 2.75) is 51.2 Å². The minimum absolute atomic E-state index is 0.0536. The lowest BCUT2D eigenvalue weighted by molar-refractivity contribution is -0.124. The molecule has 0 atom stereocenters. The number of carbonyl (C=O) groups is 1. The Bertz CT molecular complexity index is 917. The lowest BCUT2D eigenvalue weighted by atomic mass is 9.86. The van der Waals surface area contributed by atoms with Gasteiger partial charge in [-0.25, -0.2) is 4.98 Å². The van der Waals surface area contributed by atoms with Gasteiger partial charge in [0.05, 0.1) is 24.0 Å². The number of hydrogen-bond donors (Lipinski definition) is 1. The third-order valence-electron chi connectivity index (χ3n) is 6.84. The van der Waals surface area contributed by atoms with Crippen molar-refractivity contribution in [1.82, 2.24) is 4.98 Å². The fraction of sp³-hybridized carbons (Fsp3) is 0.500. The first kappa shape index (κ1) is 19.4. The number of pyridine rings is 1. The number of carbonyl (C=O) groups excluding carboxylic acids is 1. The topological polar surface area (TPSA) is 57.7 Å². The number of amides is 1. The molecule has 3 heterocycles. The molecule has 1 aromatic carbocycles. The molecular formula is C24H30N4O2. The molecule has 0 radical (unpaired) electrons. The molecule has 1 amide bonds. The number of ether oxygens (including phenoxy) is 1. The second-order valence-electron chi connectivity index (χ2n) is 8.67. The Morgan fingerprint density at radius 1 is 1.13 bits per heavy atom. The standard InChI is InChI=1S/C24H30N4O2/c1-30-20-9-6-17(7-10-20)24(29)28-16-18-5-4-12-25-23(18)26-21-11-8-19(15-22(21)28)27-13-2-3-14-27/h4-5,8,11-12,15,17,20H,2-3,6-7,9-10,13-14,16H2,1H3,(H,25,26). The van der Waals surface area contributed by atoms with Crippen LogP contribution in [0.4, 0.5) is 22.9 Å². The van der Waals surface area contributed by atoms with E-state index in [1.165, 1.54) is 18.5 Å². The van der Waals surface area contributed by atoms with E-state index in [-0.39, 0.29) is 11.8 Å². The third-order valence-corrected chi connectivity index (χ3v) is 6.84. The Balaban J connectivity index is 1.50. The first-order valence-electron chi connectivity index (χ1n) is 11.2. The van der Waals surface area contributed by atoms with Gasteiger partial charge in [-0.05, 0) is 62.8 Å². The number of aromatic nitrogens is 1. The molecular weight excluding hydrogens is 376 g/mol. The van der Waals surface area contributed by atoms with Crippen molar-refractivity contribution in [1.29, 1.82) is 0 Å². The van der Waals surface area contributed by atoms with Crippen molar-refractivity contribution in [2.24, 2.45) is 5.92 Å². The number of hydrogen-bond acceptors (Lipinski definition) is 5. The predicted octanol–water partition coefficient (Wildman–Crippen LogP) is 4.48. The number of rotatable bonds is 3. The molecule has 158 valence electrons. The highest BCUT2D eigenvalue weighted by Crippen LogP contribution is 2.40. The zero-order valence-corrected chi connectivity index (χ0v) is 17.6. The molecule has 5 rings (SSSR count). The van der Waals surface area contributed by atoms with E-state index in [0.29, 0.717) is 12.6 Å². The molecule has 0 spiro atoms. The van der Waals surface area contributed by atoms with Gasteiger partial charge in [-0.1, -0.05) is 6.07 Å². The number of fused-ring (bicyclic) bond motifs is 2. The van der Waals surface area contributed by atoms with Crippen LogP contribution in [0.5, 0.6) is 0 Å². The lowest BCUT2D eigenvalue weighted by Gasteiger charge is -2.32. The Hall–Kier alpha value is -2.60. The van der Waals surface area contributed by atoms with E-state index in [4.69, 9.17) is 4.74 Å². The summed E-state index contributed by atoms with van der Waals surface area (Å²) in [5.74, 6) is 1.12. The summed E-state index contributed by atoms with van der Waals surface area (Å²) >= 11 is 0. The molecule has 0 unspecified atom stereocenters. The second-order valence-corrected chi connectivity index (χ2v) is 8.67. The highest BCUT2D eigenvalue weighted by molar-refractivity contribution is 6.00. The summed E-state index contributed by atoms with van der Waals surface area (Å²) in [7, 11) is 1.77. The van der Waals surface area contributed by atoms with Crippen LogP contribution in [0.15, 0.2) is 36.5 Å². The molecule has 2 aliphatic heterocycles. The second kappa shape index (κ2) is 8.26. The SMILES string of the molecule is COC1CCC(C(=O)N2Cc3cccnc3Nc3ccc(N4CCCC4)cc32)CC1. The zero-order chi connectivity index (χ0) is 20.5. The Morgan fingerprint density at radius 2 is 1.93 bits per heavy atom. The Morgan fingerprint density at radius 3 is 2.70 bits per heavy atom. The molecule has 2 aromatic rings. The molecule has 3 aliphatic rings.